The van der Waals surface area contributed by atoms with Gasteiger partial charge in [0.25, 0.3) is 0 Å². The molecule has 21 heavy (non-hydrogen) atoms. The van der Waals surface area contributed by atoms with Crippen LogP contribution in [0.15, 0.2) is 42.5 Å². The zero-order chi connectivity index (χ0) is 14.7. The lowest BCUT2D eigenvalue weighted by Crippen LogP contribution is -1.90. The summed E-state index contributed by atoms with van der Waals surface area (Å²) in [7, 11) is 3.30. The number of ether oxygens (including phenoxy) is 2. The van der Waals surface area contributed by atoms with Crippen molar-refractivity contribution in [3.8, 4) is 34.0 Å². The maximum Gasteiger partial charge on any atom is 0.204 e. The Kier molecular flexibility index (Phi) is 3.51. The van der Waals surface area contributed by atoms with Gasteiger partial charge < -0.3 is 9.47 Å². The van der Waals surface area contributed by atoms with Crippen LogP contribution in [0.3, 0.4) is 0 Å². The van der Waals surface area contributed by atoms with Gasteiger partial charge in [-0.3, -0.25) is 0 Å². The number of methoxy groups -OCH3 is 2. The molecule has 106 valence electrons. The maximum atomic E-state index is 5.41. The van der Waals surface area contributed by atoms with Crippen LogP contribution in [0.1, 0.15) is 0 Å². The first-order valence-corrected chi connectivity index (χ1v) is 6.38. The highest BCUT2D eigenvalue weighted by Gasteiger charge is 2.09. The summed E-state index contributed by atoms with van der Waals surface area (Å²) in [5, 5.41) is 13.9. The molecule has 6 nitrogen and oxygen atoms in total. The van der Waals surface area contributed by atoms with Crippen molar-refractivity contribution in [2.75, 3.05) is 14.2 Å². The van der Waals surface area contributed by atoms with Crippen LogP contribution in [0.4, 0.5) is 0 Å². The van der Waals surface area contributed by atoms with Gasteiger partial charge in [0.1, 0.15) is 11.5 Å². The minimum atomic E-state index is 0.569. The van der Waals surface area contributed by atoms with E-state index < -0.39 is 0 Å². The second-order valence-corrected chi connectivity index (χ2v) is 4.38. The highest BCUT2D eigenvalue weighted by atomic mass is 16.5. The molecule has 0 aliphatic carbocycles. The van der Waals surface area contributed by atoms with Crippen molar-refractivity contribution >= 4 is 0 Å². The lowest BCUT2D eigenvalue weighted by molar-refractivity contribution is 0.404. The Morgan fingerprint density at radius 1 is 0.905 bits per heavy atom. The summed E-state index contributed by atoms with van der Waals surface area (Å²) >= 11 is 0. The van der Waals surface area contributed by atoms with Crippen LogP contribution in [0.25, 0.3) is 22.5 Å². The van der Waals surface area contributed by atoms with E-state index in [1.807, 2.05) is 42.5 Å². The predicted molar refractivity (Wildman–Crippen MR) is 78.2 cm³/mol. The summed E-state index contributed by atoms with van der Waals surface area (Å²) in [4.78, 5) is 0. The topological polar surface area (TPSA) is 72.9 Å². The fraction of sp³-hybridized carbons (Fsp3) is 0.133. The molecule has 0 saturated heterocycles. The van der Waals surface area contributed by atoms with E-state index in [9.17, 15) is 0 Å². The summed E-state index contributed by atoms with van der Waals surface area (Å²) in [5.41, 5.74) is 2.89. The third-order valence-electron chi connectivity index (χ3n) is 3.21. The molecule has 0 fully saturated rings. The summed E-state index contributed by atoms with van der Waals surface area (Å²) in [5.74, 6) is 2.15. The molecule has 0 spiro atoms. The maximum absolute atomic E-state index is 5.41. The molecule has 1 aromatic heterocycles. The average molecular weight is 282 g/mol. The summed E-state index contributed by atoms with van der Waals surface area (Å²) in [6, 6.07) is 13.6. The van der Waals surface area contributed by atoms with E-state index in [0.717, 1.165) is 28.2 Å². The number of aromatic amines is 1. The number of nitrogens with one attached hydrogen (secondary N) is 1. The van der Waals surface area contributed by atoms with Gasteiger partial charge in [-0.15, -0.1) is 10.2 Å². The Hall–Kier alpha value is -2.89. The molecule has 0 aliphatic rings. The number of hydrogen-bond donors (Lipinski definition) is 1. The molecule has 0 bridgehead atoms. The number of rotatable bonds is 4. The molecule has 2 aromatic carbocycles. The fourth-order valence-electron chi connectivity index (χ4n) is 2.12. The minimum Gasteiger partial charge on any atom is -0.497 e. The third-order valence-corrected chi connectivity index (χ3v) is 3.21. The van der Waals surface area contributed by atoms with Crippen LogP contribution >= 0.6 is 0 Å². The SMILES string of the molecule is COc1ccc(OC)c(-c2ccc(-c3nn[nH]n3)cc2)c1. The molecule has 0 saturated carbocycles. The van der Waals surface area contributed by atoms with Crippen LogP contribution in [0, 0.1) is 0 Å². The first kappa shape index (κ1) is 13.1. The van der Waals surface area contributed by atoms with Gasteiger partial charge in [-0.1, -0.05) is 24.3 Å². The number of tetrazole rings is 1. The van der Waals surface area contributed by atoms with Crippen LogP contribution in [-0.2, 0) is 0 Å². The van der Waals surface area contributed by atoms with Crippen LogP contribution in [0.2, 0.25) is 0 Å². The standard InChI is InChI=1S/C15H14N4O2/c1-20-12-7-8-14(21-2)13(9-12)10-3-5-11(6-4-10)15-16-18-19-17-15/h3-9H,1-2H3,(H,16,17,18,19). The van der Waals surface area contributed by atoms with E-state index in [1.54, 1.807) is 14.2 Å². The number of nitrogens with zero attached hydrogens (tertiary/aromatic N) is 3. The highest BCUT2D eigenvalue weighted by Crippen LogP contribution is 2.34. The van der Waals surface area contributed by atoms with Crippen LogP contribution in [-0.4, -0.2) is 34.8 Å². The molecule has 3 rings (SSSR count). The van der Waals surface area contributed by atoms with E-state index in [2.05, 4.69) is 20.6 Å². The van der Waals surface area contributed by atoms with Crippen molar-refractivity contribution in [1.82, 2.24) is 20.6 Å². The van der Waals surface area contributed by atoms with Gasteiger partial charge in [0, 0.05) is 11.1 Å². The van der Waals surface area contributed by atoms with Crippen molar-refractivity contribution in [3.63, 3.8) is 0 Å². The number of benzene rings is 2. The molecule has 1 heterocycles. The smallest absolute Gasteiger partial charge is 0.204 e. The van der Waals surface area contributed by atoms with Crippen molar-refractivity contribution in [2.24, 2.45) is 0 Å². The number of hydrogen-bond acceptors (Lipinski definition) is 5. The largest absolute Gasteiger partial charge is 0.497 e. The van der Waals surface area contributed by atoms with E-state index in [1.165, 1.54) is 0 Å². The number of aromatic nitrogens is 4. The summed E-state index contributed by atoms with van der Waals surface area (Å²) < 4.78 is 10.7. The molecule has 0 unspecified atom stereocenters. The van der Waals surface area contributed by atoms with Gasteiger partial charge in [-0.05, 0) is 29.0 Å². The fourth-order valence-corrected chi connectivity index (χ4v) is 2.12. The Labute approximate surface area is 121 Å². The van der Waals surface area contributed by atoms with E-state index in [4.69, 9.17) is 9.47 Å². The lowest BCUT2D eigenvalue weighted by atomic mass is 10.0. The normalized spacial score (nSPS) is 10.4. The molecule has 0 aliphatic heterocycles. The second kappa shape index (κ2) is 5.62. The Morgan fingerprint density at radius 2 is 1.67 bits per heavy atom. The van der Waals surface area contributed by atoms with Crippen LogP contribution in [0.5, 0.6) is 11.5 Å². The van der Waals surface area contributed by atoms with E-state index in [-0.39, 0.29) is 0 Å². The molecule has 1 N–H and O–H groups in total. The van der Waals surface area contributed by atoms with Gasteiger partial charge in [0.05, 0.1) is 14.2 Å². The Morgan fingerprint density at radius 3 is 2.29 bits per heavy atom. The first-order valence-electron chi connectivity index (χ1n) is 6.38. The summed E-state index contributed by atoms with van der Waals surface area (Å²) in [6.45, 7) is 0. The zero-order valence-electron chi connectivity index (χ0n) is 11.7. The molecule has 0 amide bonds. The summed E-state index contributed by atoms with van der Waals surface area (Å²) in [6.07, 6.45) is 0. The molecular weight excluding hydrogens is 268 g/mol. The van der Waals surface area contributed by atoms with Crippen LogP contribution < -0.4 is 9.47 Å². The van der Waals surface area contributed by atoms with Gasteiger partial charge in [0.15, 0.2) is 0 Å². The highest BCUT2D eigenvalue weighted by molar-refractivity contribution is 5.74. The van der Waals surface area contributed by atoms with Crippen molar-refractivity contribution in [3.05, 3.63) is 42.5 Å². The Balaban J connectivity index is 2.00. The second-order valence-electron chi connectivity index (χ2n) is 4.38. The van der Waals surface area contributed by atoms with Gasteiger partial charge >= 0.3 is 0 Å². The first-order chi connectivity index (χ1) is 10.3. The van der Waals surface area contributed by atoms with Crippen molar-refractivity contribution in [1.29, 1.82) is 0 Å². The van der Waals surface area contributed by atoms with E-state index >= 15 is 0 Å². The van der Waals surface area contributed by atoms with Gasteiger partial charge in [-0.25, -0.2) is 0 Å². The minimum absolute atomic E-state index is 0.569. The average Bonchev–Trinajstić information content (AvgIpc) is 3.09. The monoisotopic (exact) mass is 282 g/mol. The zero-order valence-corrected chi connectivity index (χ0v) is 11.7. The quantitative estimate of drug-likeness (QED) is 0.796. The molecule has 0 radical (unpaired) electrons. The molecule has 3 aromatic rings. The van der Waals surface area contributed by atoms with E-state index in [0.29, 0.717) is 5.82 Å². The van der Waals surface area contributed by atoms with Gasteiger partial charge in [0.2, 0.25) is 5.82 Å². The molecule has 0 atom stereocenters. The molecular formula is C15H14N4O2. The Bertz CT molecular complexity index is 724. The predicted octanol–water partition coefficient (Wildman–Crippen LogP) is 2.55. The lowest BCUT2D eigenvalue weighted by Gasteiger charge is -2.11. The third kappa shape index (κ3) is 2.55. The van der Waals surface area contributed by atoms with Crippen molar-refractivity contribution < 1.29 is 9.47 Å². The van der Waals surface area contributed by atoms with Crippen molar-refractivity contribution in [2.45, 2.75) is 0 Å². The van der Waals surface area contributed by atoms with Gasteiger partial charge in [-0.2, -0.15) is 5.21 Å². The number of H-pyrrole nitrogens is 1. The molecule has 6 heteroatoms.